The number of hydrogen-bond donors (Lipinski definition) is 2. The second-order valence-electron chi connectivity index (χ2n) is 6.74. The van der Waals surface area contributed by atoms with E-state index in [-0.39, 0.29) is 12.0 Å². The molecule has 3 rings (SSSR count). The lowest BCUT2D eigenvalue weighted by molar-refractivity contribution is -0.0790. The average molecular weight is 375 g/mol. The molecule has 142 valence electrons. The van der Waals surface area contributed by atoms with E-state index < -0.39 is 12.3 Å². The number of amides is 1. The molecule has 1 amide bonds. The van der Waals surface area contributed by atoms with Gasteiger partial charge >= 0.3 is 6.18 Å². The lowest BCUT2D eigenvalue weighted by Crippen LogP contribution is -2.22. The van der Waals surface area contributed by atoms with Crippen LogP contribution in [-0.2, 0) is 12.8 Å². The zero-order valence-electron chi connectivity index (χ0n) is 14.8. The Morgan fingerprint density at radius 3 is 2.74 bits per heavy atom. The van der Waals surface area contributed by atoms with Crippen molar-refractivity contribution in [1.29, 1.82) is 0 Å². The first-order chi connectivity index (χ1) is 12.7. The molecule has 0 spiro atoms. The lowest BCUT2D eigenvalue weighted by atomic mass is 9.88. The maximum Gasteiger partial charge on any atom is 0.409 e. The van der Waals surface area contributed by atoms with Gasteiger partial charge in [-0.3, -0.25) is 4.79 Å². The normalized spacial score (nSPS) is 17.0. The number of aliphatic hydroxyl groups excluding tert-OH is 1. The predicted molar refractivity (Wildman–Crippen MR) is 98.7 cm³/mol. The van der Waals surface area contributed by atoms with Crippen molar-refractivity contribution in [2.75, 3.05) is 5.32 Å². The number of aryl methyl sites for hydroxylation is 2. The highest BCUT2D eigenvalue weighted by Gasteiger charge is 2.22. The number of hydrogen-bond acceptors (Lipinski definition) is 2. The van der Waals surface area contributed by atoms with Gasteiger partial charge in [0.25, 0.3) is 5.91 Å². The van der Waals surface area contributed by atoms with Crippen LogP contribution in [0.4, 0.5) is 18.9 Å². The zero-order valence-corrected chi connectivity index (χ0v) is 14.8. The minimum Gasteiger partial charge on any atom is -0.393 e. The van der Waals surface area contributed by atoms with Crippen LogP contribution in [0.3, 0.4) is 0 Å². The van der Waals surface area contributed by atoms with Gasteiger partial charge in [0, 0.05) is 23.7 Å². The molecule has 0 aromatic heterocycles. The Morgan fingerprint density at radius 1 is 1.26 bits per heavy atom. The third-order valence-electron chi connectivity index (χ3n) is 4.67. The number of anilines is 1. The number of benzene rings is 2. The van der Waals surface area contributed by atoms with Crippen LogP contribution in [0.5, 0.6) is 0 Å². The van der Waals surface area contributed by atoms with Gasteiger partial charge in [0.2, 0.25) is 0 Å². The van der Waals surface area contributed by atoms with Gasteiger partial charge in [0.1, 0.15) is 0 Å². The first-order valence-corrected chi connectivity index (χ1v) is 8.70. The summed E-state index contributed by atoms with van der Waals surface area (Å²) in [5.74, 6) is -0.327. The highest BCUT2D eigenvalue weighted by Crippen LogP contribution is 2.29. The number of alkyl halides is 3. The predicted octanol–water partition coefficient (Wildman–Crippen LogP) is 4.67. The average Bonchev–Trinajstić information content (AvgIpc) is 2.60. The largest absolute Gasteiger partial charge is 0.409 e. The molecule has 0 fully saturated rings. The molecule has 3 nitrogen and oxygen atoms in total. The molecule has 1 atom stereocenters. The minimum atomic E-state index is -4.37. The molecule has 0 heterocycles. The van der Waals surface area contributed by atoms with Crippen molar-refractivity contribution in [3.8, 4) is 0 Å². The third kappa shape index (κ3) is 4.77. The minimum absolute atomic E-state index is 0.170. The van der Waals surface area contributed by atoms with Crippen LogP contribution in [-0.4, -0.2) is 23.3 Å². The Balaban J connectivity index is 1.80. The van der Waals surface area contributed by atoms with E-state index in [0.717, 1.165) is 23.6 Å². The Kier molecular flexibility index (Phi) is 5.37. The van der Waals surface area contributed by atoms with Crippen LogP contribution in [0.25, 0.3) is 6.08 Å². The summed E-state index contributed by atoms with van der Waals surface area (Å²) < 4.78 is 36.9. The highest BCUT2D eigenvalue weighted by molar-refractivity contribution is 6.05. The number of halogens is 3. The Hall–Kier alpha value is -2.60. The molecule has 2 aromatic carbocycles. The molecule has 0 saturated heterocycles. The van der Waals surface area contributed by atoms with E-state index in [1.54, 1.807) is 19.1 Å². The van der Waals surface area contributed by atoms with Crippen molar-refractivity contribution in [2.24, 2.45) is 0 Å². The second kappa shape index (κ2) is 7.56. The van der Waals surface area contributed by atoms with E-state index in [1.165, 1.54) is 12.1 Å². The van der Waals surface area contributed by atoms with Gasteiger partial charge in [0.05, 0.1) is 6.10 Å². The molecule has 0 radical (unpaired) electrons. The lowest BCUT2D eigenvalue weighted by Gasteiger charge is -2.23. The van der Waals surface area contributed by atoms with Crippen LogP contribution in [0.1, 0.15) is 39.0 Å². The van der Waals surface area contributed by atoms with Gasteiger partial charge in [-0.1, -0.05) is 30.3 Å². The first kappa shape index (κ1) is 19.2. The van der Waals surface area contributed by atoms with E-state index in [0.29, 0.717) is 35.2 Å². The van der Waals surface area contributed by atoms with E-state index >= 15 is 0 Å². The number of aliphatic hydroxyl groups is 1. The van der Waals surface area contributed by atoms with E-state index in [2.05, 4.69) is 5.32 Å². The molecule has 0 aliphatic heterocycles. The van der Waals surface area contributed by atoms with E-state index in [1.807, 2.05) is 12.1 Å². The molecule has 6 heteroatoms. The molecule has 27 heavy (non-hydrogen) atoms. The van der Waals surface area contributed by atoms with E-state index in [4.69, 9.17) is 0 Å². The van der Waals surface area contributed by atoms with Crippen molar-refractivity contribution >= 4 is 17.7 Å². The maximum atomic E-state index is 12.7. The van der Waals surface area contributed by atoms with Gasteiger partial charge in [-0.05, 0) is 54.2 Å². The SMILES string of the molecule is Cc1cc(/C=C/C(F)(F)F)ccc1C(=O)Nc1cccc2c1C[C@@H](O)CC2. The summed E-state index contributed by atoms with van der Waals surface area (Å²) in [7, 11) is 0. The Labute approximate surface area is 155 Å². The van der Waals surface area contributed by atoms with E-state index in [9.17, 15) is 23.1 Å². The van der Waals surface area contributed by atoms with Crippen molar-refractivity contribution in [2.45, 2.75) is 38.5 Å². The van der Waals surface area contributed by atoms with Crippen LogP contribution >= 0.6 is 0 Å². The van der Waals surface area contributed by atoms with Gasteiger partial charge < -0.3 is 10.4 Å². The molecule has 1 aliphatic rings. The number of carbonyl (C=O) groups is 1. The monoisotopic (exact) mass is 375 g/mol. The van der Waals surface area contributed by atoms with Crippen LogP contribution in [0.2, 0.25) is 0 Å². The fourth-order valence-corrected chi connectivity index (χ4v) is 3.31. The smallest absolute Gasteiger partial charge is 0.393 e. The first-order valence-electron chi connectivity index (χ1n) is 8.70. The molecule has 2 aromatic rings. The van der Waals surface area contributed by atoms with Crippen molar-refractivity contribution < 1.29 is 23.1 Å². The Bertz CT molecular complexity index is 887. The highest BCUT2D eigenvalue weighted by atomic mass is 19.4. The summed E-state index contributed by atoms with van der Waals surface area (Å²) in [6.07, 6.45) is -1.69. The standard InChI is InChI=1S/C21H20F3NO2/c1-13-11-14(9-10-21(22,23)24)5-8-17(13)20(27)25-19-4-2-3-15-6-7-16(26)12-18(15)19/h2-5,8-11,16,26H,6-7,12H2,1H3,(H,25,27)/b10-9+/t16-/m0/s1. The Morgan fingerprint density at radius 2 is 2.04 bits per heavy atom. The quantitative estimate of drug-likeness (QED) is 0.819. The van der Waals surface area contributed by atoms with Gasteiger partial charge in [-0.2, -0.15) is 13.2 Å². The van der Waals surface area contributed by atoms with Crippen LogP contribution in [0.15, 0.2) is 42.5 Å². The number of allylic oxidation sites excluding steroid dienone is 1. The molecule has 2 N–H and O–H groups in total. The summed E-state index contributed by atoms with van der Waals surface area (Å²) in [5.41, 5.74) is 4.07. The number of fused-ring (bicyclic) bond motifs is 1. The molecule has 1 aliphatic carbocycles. The summed E-state index contributed by atoms with van der Waals surface area (Å²) in [4.78, 5) is 12.7. The zero-order chi connectivity index (χ0) is 19.6. The van der Waals surface area contributed by atoms with Crippen LogP contribution in [0, 0.1) is 6.92 Å². The molecular weight excluding hydrogens is 355 g/mol. The number of nitrogens with one attached hydrogen (secondary N) is 1. The summed E-state index contributed by atoms with van der Waals surface area (Å²) in [6, 6.07) is 10.2. The summed E-state index contributed by atoms with van der Waals surface area (Å²) in [5, 5.41) is 12.8. The number of rotatable bonds is 3. The summed E-state index contributed by atoms with van der Waals surface area (Å²) >= 11 is 0. The second-order valence-corrected chi connectivity index (χ2v) is 6.74. The van der Waals surface area contributed by atoms with Crippen molar-refractivity contribution in [3.05, 3.63) is 70.3 Å². The molecular formula is C21H20F3NO2. The topological polar surface area (TPSA) is 49.3 Å². The van der Waals surface area contributed by atoms with Gasteiger partial charge in [-0.25, -0.2) is 0 Å². The fraction of sp³-hybridized carbons (Fsp3) is 0.286. The van der Waals surface area contributed by atoms with Crippen LogP contribution < -0.4 is 5.32 Å². The molecule has 0 saturated carbocycles. The fourth-order valence-electron chi connectivity index (χ4n) is 3.31. The van der Waals surface area contributed by atoms with Crippen molar-refractivity contribution in [1.82, 2.24) is 0 Å². The number of carbonyl (C=O) groups excluding carboxylic acids is 1. The third-order valence-corrected chi connectivity index (χ3v) is 4.67. The van der Waals surface area contributed by atoms with Gasteiger partial charge in [0.15, 0.2) is 0 Å². The molecule has 0 bridgehead atoms. The van der Waals surface area contributed by atoms with Gasteiger partial charge in [-0.15, -0.1) is 0 Å². The molecule has 0 unspecified atom stereocenters. The van der Waals surface area contributed by atoms with Crippen molar-refractivity contribution in [3.63, 3.8) is 0 Å². The maximum absolute atomic E-state index is 12.7. The summed E-state index contributed by atoms with van der Waals surface area (Å²) in [6.45, 7) is 1.68.